The lowest BCUT2D eigenvalue weighted by Gasteiger charge is -2.46. The molecule has 1 heterocycles. The van der Waals surface area contributed by atoms with Crippen LogP contribution in [0.25, 0.3) is 0 Å². The molecule has 0 radical (unpaired) electrons. The maximum atomic E-state index is 10.9. The van der Waals surface area contributed by atoms with Crippen LogP contribution in [0.4, 0.5) is 0 Å². The van der Waals surface area contributed by atoms with Gasteiger partial charge in [0.2, 0.25) is 0 Å². The predicted octanol–water partition coefficient (Wildman–Crippen LogP) is 7.95. The third-order valence-electron chi connectivity index (χ3n) is 8.03. The van der Waals surface area contributed by atoms with E-state index >= 15 is 0 Å². The van der Waals surface area contributed by atoms with Gasteiger partial charge in [-0.2, -0.15) is 0 Å². The summed E-state index contributed by atoms with van der Waals surface area (Å²) in [5.41, 5.74) is 3.03. The van der Waals surface area contributed by atoms with Crippen molar-refractivity contribution in [1.29, 1.82) is 0 Å². The van der Waals surface area contributed by atoms with E-state index in [9.17, 15) is 4.79 Å². The summed E-state index contributed by atoms with van der Waals surface area (Å²) in [6, 6.07) is 0. The number of ether oxygens (including phenoxy) is 1. The molecule has 178 valence electrons. The van der Waals surface area contributed by atoms with E-state index in [-0.39, 0.29) is 11.5 Å². The third-order valence-corrected chi connectivity index (χ3v) is 8.03. The topological polar surface area (TPSA) is 46.5 Å². The zero-order valence-corrected chi connectivity index (χ0v) is 21.1. The molecule has 31 heavy (non-hydrogen) atoms. The summed E-state index contributed by atoms with van der Waals surface area (Å²) < 4.78 is 6.71. The van der Waals surface area contributed by atoms with Crippen molar-refractivity contribution in [2.45, 2.75) is 124 Å². The van der Waals surface area contributed by atoms with E-state index in [1.54, 1.807) is 12.5 Å². The normalized spacial score (nSPS) is 31.0. The van der Waals surface area contributed by atoms with Crippen molar-refractivity contribution in [3.63, 3.8) is 0 Å². The van der Waals surface area contributed by atoms with Gasteiger partial charge in [-0.1, -0.05) is 58.3 Å². The van der Waals surface area contributed by atoms with Gasteiger partial charge in [0, 0.05) is 0 Å². The number of aliphatic carboxylic acids is 1. The fourth-order valence-electron chi connectivity index (χ4n) is 5.19. The van der Waals surface area contributed by atoms with Gasteiger partial charge >= 0.3 is 5.97 Å². The molecule has 6 atom stereocenters. The molecule has 0 aromatic heterocycles. The monoisotopic (exact) mass is 432 g/mol. The summed E-state index contributed by atoms with van der Waals surface area (Å²) >= 11 is 0. The van der Waals surface area contributed by atoms with E-state index in [2.05, 4.69) is 46.8 Å². The Morgan fingerprint density at radius 3 is 2.71 bits per heavy atom. The van der Waals surface area contributed by atoms with Gasteiger partial charge in [0.25, 0.3) is 0 Å². The average Bonchev–Trinajstić information content (AvgIpc) is 2.71. The molecule has 1 N–H and O–H groups in total. The summed E-state index contributed by atoms with van der Waals surface area (Å²) in [7, 11) is 0. The van der Waals surface area contributed by atoms with Gasteiger partial charge in [0.1, 0.15) is 0 Å². The Morgan fingerprint density at radius 1 is 1.26 bits per heavy atom. The van der Waals surface area contributed by atoms with E-state index in [0.717, 1.165) is 37.5 Å². The van der Waals surface area contributed by atoms with Crippen molar-refractivity contribution in [2.75, 3.05) is 0 Å². The molecule has 1 saturated heterocycles. The Morgan fingerprint density at radius 2 is 2.00 bits per heavy atom. The molecule has 0 aromatic carbocycles. The highest BCUT2D eigenvalue weighted by atomic mass is 16.5. The Hall–Kier alpha value is -1.09. The molecule has 3 heteroatoms. The van der Waals surface area contributed by atoms with E-state index < -0.39 is 5.97 Å². The van der Waals surface area contributed by atoms with Gasteiger partial charge in [0.15, 0.2) is 0 Å². The summed E-state index contributed by atoms with van der Waals surface area (Å²) in [5, 5.41) is 8.97. The highest BCUT2D eigenvalue weighted by molar-refractivity contribution is 5.69. The van der Waals surface area contributed by atoms with Crippen molar-refractivity contribution in [2.24, 2.45) is 23.7 Å². The quantitative estimate of drug-likeness (QED) is 0.318. The van der Waals surface area contributed by atoms with Gasteiger partial charge in [-0.15, -0.1) is 0 Å². The Balaban J connectivity index is 1.64. The van der Waals surface area contributed by atoms with Crippen LogP contribution in [0, 0.1) is 23.7 Å². The minimum absolute atomic E-state index is 0.0522. The molecule has 6 unspecified atom stereocenters. The van der Waals surface area contributed by atoms with Gasteiger partial charge in [-0.25, -0.2) is 0 Å². The highest BCUT2D eigenvalue weighted by Gasteiger charge is 2.40. The number of carboxylic acid groups (broad SMARTS) is 1. The van der Waals surface area contributed by atoms with Gasteiger partial charge in [-0.05, 0) is 95.0 Å². The van der Waals surface area contributed by atoms with Crippen LogP contribution in [0.5, 0.6) is 0 Å². The zero-order chi connectivity index (χ0) is 23.0. The first-order chi connectivity index (χ1) is 14.6. The van der Waals surface area contributed by atoms with E-state index in [1.807, 2.05) is 0 Å². The average molecular weight is 433 g/mol. The molecule has 0 aromatic rings. The lowest BCUT2D eigenvalue weighted by molar-refractivity contribution is -0.141. The Labute approximate surface area is 191 Å². The van der Waals surface area contributed by atoms with Crippen molar-refractivity contribution >= 4 is 5.97 Å². The number of fused-ring (bicyclic) bond motifs is 1. The number of rotatable bonds is 12. The number of carboxylic acids is 1. The molecule has 2 aliphatic rings. The number of carbonyl (C=O) groups is 1. The standard InChI is InChI=1S/C28H48O3/c1-20(12-8-14-23(4)27(29)30)10-7-11-21(2)13-9-18-28(6)19-17-25-16-15-22(3)24(5)26(25)31-28/h10,16,21-24,26H,7-9,11-15,17-19H2,1-6H3,(H,29,30)/b20-10+. The van der Waals surface area contributed by atoms with Crippen LogP contribution < -0.4 is 0 Å². The minimum Gasteiger partial charge on any atom is -0.481 e. The zero-order valence-electron chi connectivity index (χ0n) is 21.1. The van der Waals surface area contributed by atoms with E-state index in [1.165, 1.54) is 50.5 Å². The van der Waals surface area contributed by atoms with Gasteiger partial charge < -0.3 is 9.84 Å². The second-order valence-corrected chi connectivity index (χ2v) is 11.1. The number of hydrogen-bond acceptors (Lipinski definition) is 2. The van der Waals surface area contributed by atoms with Crippen LogP contribution in [0.3, 0.4) is 0 Å². The minimum atomic E-state index is -0.678. The summed E-state index contributed by atoms with van der Waals surface area (Å²) in [6.07, 6.45) is 17.7. The number of allylic oxidation sites excluding steroid dienone is 3. The molecular weight excluding hydrogens is 384 g/mol. The third kappa shape index (κ3) is 8.40. The SMILES string of the molecule is C/C(=C\CCC(C)CCCC1(C)CCC2=CCC(C)C(C)C2O1)CCCC(C)C(=O)O. The molecule has 1 fully saturated rings. The van der Waals surface area contributed by atoms with Crippen LogP contribution in [0.1, 0.15) is 112 Å². The van der Waals surface area contributed by atoms with Crippen LogP contribution in [-0.4, -0.2) is 22.8 Å². The largest absolute Gasteiger partial charge is 0.481 e. The summed E-state index contributed by atoms with van der Waals surface area (Å²) in [5.74, 6) is 1.21. The molecule has 1 aliphatic heterocycles. The summed E-state index contributed by atoms with van der Waals surface area (Å²) in [6.45, 7) is 13.5. The molecule has 2 rings (SSSR count). The van der Waals surface area contributed by atoms with Crippen LogP contribution in [-0.2, 0) is 9.53 Å². The van der Waals surface area contributed by atoms with Gasteiger partial charge in [0.05, 0.1) is 17.6 Å². The highest BCUT2D eigenvalue weighted by Crippen LogP contribution is 2.43. The first-order valence-electron chi connectivity index (χ1n) is 12.9. The van der Waals surface area contributed by atoms with Crippen LogP contribution in [0.2, 0.25) is 0 Å². The van der Waals surface area contributed by atoms with Crippen molar-refractivity contribution in [1.82, 2.24) is 0 Å². The lowest BCUT2D eigenvalue weighted by atomic mass is 9.74. The Kier molecular flexibility index (Phi) is 10.3. The Bertz CT molecular complexity index is 634. The van der Waals surface area contributed by atoms with Crippen molar-refractivity contribution in [3.05, 3.63) is 23.3 Å². The maximum absolute atomic E-state index is 10.9. The fourth-order valence-corrected chi connectivity index (χ4v) is 5.19. The predicted molar refractivity (Wildman–Crippen MR) is 130 cm³/mol. The first kappa shape index (κ1) is 26.2. The van der Waals surface area contributed by atoms with E-state index in [0.29, 0.717) is 12.0 Å². The van der Waals surface area contributed by atoms with Crippen LogP contribution in [0.15, 0.2) is 23.3 Å². The van der Waals surface area contributed by atoms with E-state index in [4.69, 9.17) is 9.84 Å². The summed E-state index contributed by atoms with van der Waals surface area (Å²) in [4.78, 5) is 10.9. The molecule has 0 bridgehead atoms. The lowest BCUT2D eigenvalue weighted by Crippen LogP contribution is -2.45. The maximum Gasteiger partial charge on any atom is 0.306 e. The molecule has 0 amide bonds. The van der Waals surface area contributed by atoms with Crippen LogP contribution >= 0.6 is 0 Å². The van der Waals surface area contributed by atoms with Crippen molar-refractivity contribution in [3.8, 4) is 0 Å². The molecular formula is C28H48O3. The first-order valence-corrected chi connectivity index (χ1v) is 12.9. The number of hydrogen-bond donors (Lipinski definition) is 1. The van der Waals surface area contributed by atoms with Crippen molar-refractivity contribution < 1.29 is 14.6 Å². The molecule has 1 aliphatic carbocycles. The molecule has 3 nitrogen and oxygen atoms in total. The second-order valence-electron chi connectivity index (χ2n) is 11.1. The van der Waals surface area contributed by atoms with Gasteiger partial charge in [-0.3, -0.25) is 4.79 Å². The fraction of sp³-hybridized carbons (Fsp3) is 0.821. The molecule has 0 spiro atoms. The smallest absolute Gasteiger partial charge is 0.306 e. The molecule has 0 saturated carbocycles. The second kappa shape index (κ2) is 12.2.